The maximum Gasteiger partial charge on any atom is 0.239 e. The first kappa shape index (κ1) is 10.5. The summed E-state index contributed by atoms with van der Waals surface area (Å²) in [6.45, 7) is 2.44. The molecular weight excluding hydrogens is 216 g/mol. The van der Waals surface area contributed by atoms with Crippen LogP contribution in [-0.2, 0) is 4.79 Å². The van der Waals surface area contributed by atoms with Crippen LogP contribution in [0.15, 0.2) is 24.4 Å². The molecule has 90 valence electrons. The zero-order valence-electron chi connectivity index (χ0n) is 9.62. The van der Waals surface area contributed by atoms with Gasteiger partial charge in [0.05, 0.1) is 12.1 Å². The summed E-state index contributed by atoms with van der Waals surface area (Å²) in [4.78, 5) is 20.2. The van der Waals surface area contributed by atoms with E-state index in [1.54, 1.807) is 6.20 Å². The first-order valence-corrected chi connectivity index (χ1v) is 5.98. The summed E-state index contributed by atoms with van der Waals surface area (Å²) in [5.74, 6) is 1.09. The molecule has 1 aromatic rings. The highest BCUT2D eigenvalue weighted by molar-refractivity contribution is 5.84. The number of hydrogen-bond acceptors (Lipinski definition) is 4. The molecule has 1 aromatic heterocycles. The Morgan fingerprint density at radius 3 is 3.00 bits per heavy atom. The molecule has 1 amide bonds. The first-order chi connectivity index (χ1) is 8.25. The molecule has 0 radical (unpaired) electrons. The predicted octanol–water partition coefficient (Wildman–Crippen LogP) is -0.170. The van der Waals surface area contributed by atoms with Gasteiger partial charge in [0.1, 0.15) is 5.82 Å². The lowest BCUT2D eigenvalue weighted by Gasteiger charge is -2.38. The second kappa shape index (κ2) is 4.00. The first-order valence-electron chi connectivity index (χ1n) is 5.98. The van der Waals surface area contributed by atoms with Crippen LogP contribution < -0.4 is 10.6 Å². The summed E-state index contributed by atoms with van der Waals surface area (Å²) in [7, 11) is 0. The Hall–Kier alpha value is -1.62. The van der Waals surface area contributed by atoms with Crippen molar-refractivity contribution in [2.45, 2.75) is 18.5 Å². The topological polar surface area (TPSA) is 62.5 Å². The number of aromatic nitrogens is 1. The second-order valence-electron chi connectivity index (χ2n) is 4.66. The van der Waals surface area contributed by atoms with E-state index in [0.717, 1.165) is 31.9 Å². The number of carbonyl (C=O) groups is 1. The molecule has 3 heterocycles. The van der Waals surface area contributed by atoms with Crippen molar-refractivity contribution in [3.8, 4) is 0 Å². The molecule has 0 aromatic carbocycles. The normalized spacial score (nSPS) is 28.4. The van der Waals surface area contributed by atoms with Gasteiger partial charge in [-0.05, 0) is 18.6 Å². The van der Waals surface area contributed by atoms with Gasteiger partial charge >= 0.3 is 0 Å². The van der Waals surface area contributed by atoms with E-state index in [9.17, 15) is 4.79 Å². The molecule has 5 nitrogen and oxygen atoms in total. The van der Waals surface area contributed by atoms with Gasteiger partial charge in [0, 0.05) is 25.8 Å². The van der Waals surface area contributed by atoms with Crippen molar-refractivity contribution in [1.29, 1.82) is 0 Å². The fourth-order valence-electron chi connectivity index (χ4n) is 2.70. The Morgan fingerprint density at radius 1 is 1.35 bits per heavy atom. The van der Waals surface area contributed by atoms with Gasteiger partial charge in [-0.15, -0.1) is 0 Å². The fraction of sp³-hybridized carbons (Fsp3) is 0.500. The highest BCUT2D eigenvalue weighted by Gasteiger charge is 2.40. The fourth-order valence-corrected chi connectivity index (χ4v) is 2.70. The average molecular weight is 232 g/mol. The number of anilines is 1. The van der Waals surface area contributed by atoms with E-state index in [2.05, 4.69) is 9.88 Å². The van der Waals surface area contributed by atoms with Crippen LogP contribution in [0.4, 0.5) is 5.82 Å². The van der Waals surface area contributed by atoms with Gasteiger partial charge in [-0.25, -0.2) is 4.98 Å². The number of fused-ring (bicyclic) bond motifs is 1. The standard InChI is InChI=1S/C12H16N4O/c13-10-7-9-8-15(5-6-16(9)12(10)17)11-3-1-2-4-14-11/h1-4,9-10H,5-8,13H2. The molecule has 5 heteroatoms. The van der Waals surface area contributed by atoms with Crippen molar-refractivity contribution in [3.05, 3.63) is 24.4 Å². The number of nitrogens with zero attached hydrogens (tertiary/aromatic N) is 3. The third kappa shape index (κ3) is 1.76. The summed E-state index contributed by atoms with van der Waals surface area (Å²) in [6.07, 6.45) is 2.56. The number of carbonyl (C=O) groups excluding carboxylic acids is 1. The van der Waals surface area contributed by atoms with Crippen molar-refractivity contribution < 1.29 is 4.79 Å². The molecule has 2 atom stereocenters. The third-order valence-corrected chi connectivity index (χ3v) is 3.58. The molecule has 0 saturated carbocycles. The van der Waals surface area contributed by atoms with E-state index in [1.165, 1.54) is 0 Å². The lowest BCUT2D eigenvalue weighted by Crippen LogP contribution is -2.52. The Morgan fingerprint density at radius 2 is 2.24 bits per heavy atom. The molecule has 2 unspecified atom stereocenters. The van der Waals surface area contributed by atoms with E-state index >= 15 is 0 Å². The van der Waals surface area contributed by atoms with Crippen molar-refractivity contribution >= 4 is 11.7 Å². The average Bonchev–Trinajstić information content (AvgIpc) is 2.66. The van der Waals surface area contributed by atoms with E-state index in [0.29, 0.717) is 0 Å². The summed E-state index contributed by atoms with van der Waals surface area (Å²) in [5, 5.41) is 0. The summed E-state index contributed by atoms with van der Waals surface area (Å²) in [6, 6.07) is 5.86. The number of amides is 1. The quantitative estimate of drug-likeness (QED) is 0.730. The largest absolute Gasteiger partial charge is 0.353 e. The maximum atomic E-state index is 11.7. The summed E-state index contributed by atoms with van der Waals surface area (Å²) in [5.41, 5.74) is 5.80. The highest BCUT2D eigenvalue weighted by atomic mass is 16.2. The van der Waals surface area contributed by atoms with Crippen molar-refractivity contribution in [1.82, 2.24) is 9.88 Å². The van der Waals surface area contributed by atoms with Crippen LogP contribution in [-0.4, -0.2) is 47.5 Å². The zero-order chi connectivity index (χ0) is 11.8. The number of pyridine rings is 1. The van der Waals surface area contributed by atoms with Crippen LogP contribution in [0, 0.1) is 0 Å². The van der Waals surface area contributed by atoms with Gasteiger partial charge in [0.2, 0.25) is 5.91 Å². The SMILES string of the molecule is NC1CC2CN(c3ccccn3)CCN2C1=O. The van der Waals surface area contributed by atoms with Gasteiger partial charge in [0.15, 0.2) is 0 Å². The lowest BCUT2D eigenvalue weighted by molar-refractivity contribution is -0.130. The number of rotatable bonds is 1. The van der Waals surface area contributed by atoms with E-state index in [1.807, 2.05) is 23.1 Å². The van der Waals surface area contributed by atoms with Crippen LogP contribution in [0.25, 0.3) is 0 Å². The maximum absolute atomic E-state index is 11.7. The highest BCUT2D eigenvalue weighted by Crippen LogP contribution is 2.24. The van der Waals surface area contributed by atoms with Gasteiger partial charge in [-0.1, -0.05) is 6.07 Å². The third-order valence-electron chi connectivity index (χ3n) is 3.58. The molecular formula is C12H16N4O. The zero-order valence-corrected chi connectivity index (χ0v) is 9.62. The summed E-state index contributed by atoms with van der Waals surface area (Å²) >= 11 is 0. The minimum atomic E-state index is -0.302. The number of hydrogen-bond donors (Lipinski definition) is 1. The van der Waals surface area contributed by atoms with Gasteiger partial charge in [-0.2, -0.15) is 0 Å². The van der Waals surface area contributed by atoms with E-state index in [4.69, 9.17) is 5.73 Å². The molecule has 2 aliphatic heterocycles. The van der Waals surface area contributed by atoms with Crippen molar-refractivity contribution in [2.24, 2.45) is 5.73 Å². The molecule has 0 bridgehead atoms. The van der Waals surface area contributed by atoms with E-state index in [-0.39, 0.29) is 18.0 Å². The minimum Gasteiger partial charge on any atom is -0.353 e. The molecule has 2 N–H and O–H groups in total. The lowest BCUT2D eigenvalue weighted by atomic mass is 10.1. The van der Waals surface area contributed by atoms with E-state index < -0.39 is 0 Å². The second-order valence-corrected chi connectivity index (χ2v) is 4.66. The molecule has 0 aliphatic carbocycles. The minimum absolute atomic E-state index is 0.107. The number of nitrogens with two attached hydrogens (primary N) is 1. The molecule has 2 aliphatic rings. The van der Waals surface area contributed by atoms with Crippen LogP contribution in [0.3, 0.4) is 0 Å². The van der Waals surface area contributed by atoms with Crippen LogP contribution in [0.5, 0.6) is 0 Å². The van der Waals surface area contributed by atoms with Gasteiger partial charge in [-0.3, -0.25) is 4.79 Å². The van der Waals surface area contributed by atoms with Gasteiger partial charge in [0.25, 0.3) is 0 Å². The molecule has 3 rings (SSSR count). The Kier molecular flexibility index (Phi) is 2.48. The summed E-state index contributed by atoms with van der Waals surface area (Å²) < 4.78 is 0. The van der Waals surface area contributed by atoms with Crippen LogP contribution >= 0.6 is 0 Å². The van der Waals surface area contributed by atoms with Crippen LogP contribution in [0.1, 0.15) is 6.42 Å². The molecule has 2 saturated heterocycles. The monoisotopic (exact) mass is 232 g/mol. The van der Waals surface area contributed by atoms with Crippen molar-refractivity contribution in [3.63, 3.8) is 0 Å². The predicted molar refractivity (Wildman–Crippen MR) is 64.5 cm³/mol. The Balaban J connectivity index is 1.76. The number of piperazine rings is 1. The molecule has 17 heavy (non-hydrogen) atoms. The molecule has 2 fully saturated rings. The van der Waals surface area contributed by atoms with Crippen molar-refractivity contribution in [2.75, 3.05) is 24.5 Å². The smallest absolute Gasteiger partial charge is 0.239 e. The Bertz CT molecular complexity index is 422. The molecule has 0 spiro atoms. The Labute approximate surface area is 100 Å². The van der Waals surface area contributed by atoms with Crippen LogP contribution in [0.2, 0.25) is 0 Å². The van der Waals surface area contributed by atoms with Gasteiger partial charge < -0.3 is 15.5 Å².